The maximum Gasteiger partial charge on any atom is 0.308 e. The standard InChI is InChI=1S/C11H21NO4/c1-3-16-10(13)9-4-6-11(14,7-5-9)8-12-15-2/h9,12,14H,3-8H2,1-2H3. The van der Waals surface area contributed by atoms with Gasteiger partial charge in [-0.1, -0.05) is 0 Å². The second-order valence-corrected chi connectivity index (χ2v) is 4.28. The Bertz CT molecular complexity index is 224. The van der Waals surface area contributed by atoms with Crippen LogP contribution in [0.5, 0.6) is 0 Å². The molecule has 5 nitrogen and oxygen atoms in total. The van der Waals surface area contributed by atoms with Gasteiger partial charge in [0.2, 0.25) is 0 Å². The summed E-state index contributed by atoms with van der Waals surface area (Å²) in [5, 5.41) is 10.1. The van der Waals surface area contributed by atoms with E-state index in [1.165, 1.54) is 7.11 Å². The van der Waals surface area contributed by atoms with Crippen LogP contribution in [0.15, 0.2) is 0 Å². The maximum absolute atomic E-state index is 11.5. The first-order chi connectivity index (χ1) is 7.61. The van der Waals surface area contributed by atoms with E-state index in [2.05, 4.69) is 5.48 Å². The normalized spacial score (nSPS) is 30.1. The molecular weight excluding hydrogens is 210 g/mol. The fourth-order valence-electron chi connectivity index (χ4n) is 2.03. The van der Waals surface area contributed by atoms with Crippen LogP contribution in [0.3, 0.4) is 0 Å². The molecule has 0 aromatic heterocycles. The lowest BCUT2D eigenvalue weighted by Crippen LogP contribution is -2.44. The SMILES string of the molecule is CCOC(=O)C1CCC(O)(CNOC)CC1. The molecule has 0 heterocycles. The lowest BCUT2D eigenvalue weighted by molar-refractivity contribution is -0.151. The van der Waals surface area contributed by atoms with E-state index < -0.39 is 5.60 Å². The first-order valence-corrected chi connectivity index (χ1v) is 5.76. The van der Waals surface area contributed by atoms with Gasteiger partial charge in [-0.05, 0) is 32.6 Å². The lowest BCUT2D eigenvalue weighted by atomic mass is 9.79. The van der Waals surface area contributed by atoms with Crippen molar-refractivity contribution in [2.24, 2.45) is 5.92 Å². The van der Waals surface area contributed by atoms with Gasteiger partial charge in [-0.15, -0.1) is 0 Å². The van der Waals surface area contributed by atoms with E-state index in [0.717, 1.165) is 0 Å². The molecule has 0 radical (unpaired) electrons. The van der Waals surface area contributed by atoms with Gasteiger partial charge in [0.25, 0.3) is 0 Å². The van der Waals surface area contributed by atoms with E-state index in [4.69, 9.17) is 9.57 Å². The number of hydrogen-bond donors (Lipinski definition) is 2. The molecule has 1 fully saturated rings. The minimum absolute atomic E-state index is 0.0530. The fourth-order valence-corrected chi connectivity index (χ4v) is 2.03. The van der Waals surface area contributed by atoms with Crippen LogP contribution in [0.4, 0.5) is 0 Å². The summed E-state index contributed by atoms with van der Waals surface area (Å²) in [5.41, 5.74) is 1.91. The summed E-state index contributed by atoms with van der Waals surface area (Å²) in [5.74, 6) is -0.188. The number of aliphatic hydroxyl groups is 1. The Morgan fingerprint density at radius 1 is 1.50 bits per heavy atom. The first kappa shape index (κ1) is 13.4. The Labute approximate surface area is 96.1 Å². The number of rotatable bonds is 5. The highest BCUT2D eigenvalue weighted by Gasteiger charge is 2.36. The molecule has 0 saturated heterocycles. The molecule has 1 rings (SSSR count). The van der Waals surface area contributed by atoms with Crippen molar-refractivity contribution in [1.82, 2.24) is 5.48 Å². The molecule has 0 atom stereocenters. The third-order valence-corrected chi connectivity index (χ3v) is 3.08. The molecule has 0 aliphatic heterocycles. The first-order valence-electron chi connectivity index (χ1n) is 5.76. The molecule has 0 aromatic rings. The van der Waals surface area contributed by atoms with Crippen LogP contribution < -0.4 is 5.48 Å². The zero-order valence-electron chi connectivity index (χ0n) is 9.99. The second-order valence-electron chi connectivity index (χ2n) is 4.28. The quantitative estimate of drug-likeness (QED) is 0.536. The zero-order chi connectivity index (χ0) is 12.0. The van der Waals surface area contributed by atoms with Gasteiger partial charge >= 0.3 is 5.97 Å². The summed E-state index contributed by atoms with van der Waals surface area (Å²) in [6.07, 6.45) is 2.57. The number of ether oxygens (including phenoxy) is 1. The van der Waals surface area contributed by atoms with Crippen molar-refractivity contribution in [2.75, 3.05) is 20.3 Å². The van der Waals surface area contributed by atoms with Gasteiger partial charge in [-0.2, -0.15) is 0 Å². The van der Waals surface area contributed by atoms with Gasteiger partial charge in [-0.3, -0.25) is 4.79 Å². The van der Waals surface area contributed by atoms with Crippen molar-refractivity contribution in [3.8, 4) is 0 Å². The fraction of sp³-hybridized carbons (Fsp3) is 0.909. The van der Waals surface area contributed by atoms with Crippen molar-refractivity contribution >= 4 is 5.97 Å². The van der Waals surface area contributed by atoms with Gasteiger partial charge in [0.1, 0.15) is 0 Å². The van der Waals surface area contributed by atoms with E-state index in [-0.39, 0.29) is 11.9 Å². The maximum atomic E-state index is 11.5. The Kier molecular flexibility index (Phi) is 5.18. The third-order valence-electron chi connectivity index (χ3n) is 3.08. The van der Waals surface area contributed by atoms with Gasteiger partial charge in [0.05, 0.1) is 25.2 Å². The van der Waals surface area contributed by atoms with Gasteiger partial charge in [0, 0.05) is 6.54 Å². The molecular formula is C11H21NO4. The lowest BCUT2D eigenvalue weighted by Gasteiger charge is -2.34. The topological polar surface area (TPSA) is 67.8 Å². The summed E-state index contributed by atoms with van der Waals surface area (Å²) in [6, 6.07) is 0. The molecule has 1 aliphatic rings. The van der Waals surface area contributed by atoms with Crippen LogP contribution in [0.25, 0.3) is 0 Å². The van der Waals surface area contributed by atoms with Crippen LogP contribution in [0, 0.1) is 5.92 Å². The predicted molar refractivity (Wildman–Crippen MR) is 58.6 cm³/mol. The zero-order valence-corrected chi connectivity index (χ0v) is 9.99. The summed E-state index contributed by atoms with van der Waals surface area (Å²) < 4.78 is 4.97. The smallest absolute Gasteiger partial charge is 0.308 e. The number of carbonyl (C=O) groups is 1. The highest BCUT2D eigenvalue weighted by molar-refractivity contribution is 5.72. The van der Waals surface area contributed by atoms with Gasteiger partial charge < -0.3 is 14.7 Å². The van der Waals surface area contributed by atoms with Crippen LogP contribution in [-0.4, -0.2) is 36.9 Å². The third kappa shape index (κ3) is 3.73. The molecule has 16 heavy (non-hydrogen) atoms. The van der Waals surface area contributed by atoms with Crippen molar-refractivity contribution in [3.05, 3.63) is 0 Å². The van der Waals surface area contributed by atoms with E-state index in [9.17, 15) is 9.90 Å². The molecule has 0 bridgehead atoms. The summed E-state index contributed by atoms with van der Waals surface area (Å²) in [4.78, 5) is 16.2. The molecule has 0 aromatic carbocycles. The number of carbonyl (C=O) groups excluding carboxylic acids is 1. The molecule has 94 valence electrons. The average Bonchev–Trinajstić information content (AvgIpc) is 2.28. The highest BCUT2D eigenvalue weighted by atomic mass is 16.6. The molecule has 0 spiro atoms. The van der Waals surface area contributed by atoms with Crippen molar-refractivity contribution < 1.29 is 19.5 Å². The van der Waals surface area contributed by atoms with Crippen LogP contribution in [0.2, 0.25) is 0 Å². The van der Waals surface area contributed by atoms with E-state index in [1.54, 1.807) is 6.92 Å². The molecule has 1 saturated carbocycles. The molecule has 2 N–H and O–H groups in total. The Hall–Kier alpha value is -0.650. The molecule has 0 unspecified atom stereocenters. The van der Waals surface area contributed by atoms with Crippen molar-refractivity contribution in [3.63, 3.8) is 0 Å². The van der Waals surface area contributed by atoms with Crippen molar-refractivity contribution in [2.45, 2.75) is 38.2 Å². The number of nitrogens with one attached hydrogen (secondary N) is 1. The van der Waals surface area contributed by atoms with Crippen LogP contribution in [-0.2, 0) is 14.4 Å². The van der Waals surface area contributed by atoms with Crippen LogP contribution >= 0.6 is 0 Å². The number of esters is 1. The monoisotopic (exact) mass is 231 g/mol. The van der Waals surface area contributed by atoms with E-state index in [1.807, 2.05) is 0 Å². The molecule has 1 aliphatic carbocycles. The van der Waals surface area contributed by atoms with E-state index in [0.29, 0.717) is 38.8 Å². The molecule has 5 heteroatoms. The molecule has 0 amide bonds. The van der Waals surface area contributed by atoms with Gasteiger partial charge in [0.15, 0.2) is 0 Å². The highest BCUT2D eigenvalue weighted by Crippen LogP contribution is 2.32. The minimum Gasteiger partial charge on any atom is -0.466 e. The number of hydrogen-bond acceptors (Lipinski definition) is 5. The Morgan fingerprint density at radius 2 is 2.12 bits per heavy atom. The minimum atomic E-state index is -0.751. The summed E-state index contributed by atoms with van der Waals surface area (Å²) in [6.45, 7) is 2.63. The van der Waals surface area contributed by atoms with E-state index >= 15 is 0 Å². The van der Waals surface area contributed by atoms with Gasteiger partial charge in [-0.25, -0.2) is 5.48 Å². The summed E-state index contributed by atoms with van der Waals surface area (Å²) in [7, 11) is 1.52. The largest absolute Gasteiger partial charge is 0.466 e. The van der Waals surface area contributed by atoms with Crippen LogP contribution in [0.1, 0.15) is 32.6 Å². The van der Waals surface area contributed by atoms with Crippen molar-refractivity contribution in [1.29, 1.82) is 0 Å². The average molecular weight is 231 g/mol. The number of hydroxylamine groups is 1. The Morgan fingerprint density at radius 3 is 2.62 bits per heavy atom. The Balaban J connectivity index is 2.35. The predicted octanol–water partition coefficient (Wildman–Crippen LogP) is 0.622. The summed E-state index contributed by atoms with van der Waals surface area (Å²) >= 11 is 0. The second kappa shape index (κ2) is 6.18.